The van der Waals surface area contributed by atoms with E-state index in [2.05, 4.69) is 22.2 Å². The van der Waals surface area contributed by atoms with E-state index in [4.69, 9.17) is 0 Å². The number of benzene rings is 1. The van der Waals surface area contributed by atoms with Gasteiger partial charge in [-0.25, -0.2) is 4.79 Å². The van der Waals surface area contributed by atoms with Crippen molar-refractivity contribution in [1.29, 1.82) is 0 Å². The van der Waals surface area contributed by atoms with Crippen molar-refractivity contribution in [3.8, 4) is 0 Å². The van der Waals surface area contributed by atoms with Gasteiger partial charge in [0.25, 0.3) is 0 Å². The summed E-state index contributed by atoms with van der Waals surface area (Å²) < 4.78 is 0. The molecule has 3 aliphatic heterocycles. The molecular weight excluding hydrogens is 340 g/mol. The monoisotopic (exact) mass is 370 g/mol. The summed E-state index contributed by atoms with van der Waals surface area (Å²) in [5.41, 5.74) is 1.03. The maximum Gasteiger partial charge on any atom is 0.321 e. The Kier molecular flexibility index (Phi) is 5.08. The standard InChI is InChI=1S/C21H30N4O2/c1-23-12-8-18(15-23)25-16-21(9-7-19(25)26)10-13-24(14-11-21)20(27)22-17-5-3-2-4-6-17/h2-6,18H,7-16H2,1H3,(H,22,27)/t18-/m1/s1. The predicted octanol–water partition coefficient (Wildman–Crippen LogP) is 2.63. The molecule has 1 aromatic rings. The zero-order chi connectivity index (χ0) is 18.9. The van der Waals surface area contributed by atoms with Crippen LogP contribution in [0.3, 0.4) is 0 Å². The average Bonchev–Trinajstić information content (AvgIpc) is 3.11. The van der Waals surface area contributed by atoms with Gasteiger partial charge in [-0.15, -0.1) is 0 Å². The summed E-state index contributed by atoms with van der Waals surface area (Å²) in [5, 5.41) is 2.99. The first kappa shape index (κ1) is 18.3. The van der Waals surface area contributed by atoms with Gasteiger partial charge in [-0.2, -0.15) is 0 Å². The summed E-state index contributed by atoms with van der Waals surface area (Å²) >= 11 is 0. The third kappa shape index (κ3) is 3.95. The number of nitrogens with zero attached hydrogens (tertiary/aromatic N) is 3. The number of likely N-dealkylation sites (tertiary alicyclic amines) is 3. The minimum Gasteiger partial charge on any atom is -0.338 e. The van der Waals surface area contributed by atoms with Gasteiger partial charge in [-0.3, -0.25) is 4.79 Å². The lowest BCUT2D eigenvalue weighted by Gasteiger charge is -2.48. The van der Waals surface area contributed by atoms with E-state index in [1.165, 1.54) is 0 Å². The number of anilines is 1. The van der Waals surface area contributed by atoms with Gasteiger partial charge in [0.1, 0.15) is 0 Å². The molecule has 1 aromatic carbocycles. The van der Waals surface area contributed by atoms with Gasteiger partial charge >= 0.3 is 6.03 Å². The fourth-order valence-corrected chi connectivity index (χ4v) is 4.86. The summed E-state index contributed by atoms with van der Waals surface area (Å²) in [7, 11) is 2.13. The molecule has 27 heavy (non-hydrogen) atoms. The zero-order valence-electron chi connectivity index (χ0n) is 16.2. The lowest BCUT2D eigenvalue weighted by molar-refractivity contribution is -0.141. The second-order valence-electron chi connectivity index (χ2n) is 8.51. The van der Waals surface area contributed by atoms with Crippen LogP contribution in [-0.2, 0) is 4.79 Å². The van der Waals surface area contributed by atoms with Crippen LogP contribution in [0, 0.1) is 5.41 Å². The number of amides is 3. The number of hydrogen-bond donors (Lipinski definition) is 1. The minimum absolute atomic E-state index is 0.0165. The van der Waals surface area contributed by atoms with Crippen LogP contribution in [0.2, 0.25) is 0 Å². The van der Waals surface area contributed by atoms with Gasteiger partial charge in [0.15, 0.2) is 0 Å². The van der Waals surface area contributed by atoms with Crippen LogP contribution in [0.1, 0.15) is 32.1 Å². The van der Waals surface area contributed by atoms with Gasteiger partial charge in [-0.1, -0.05) is 18.2 Å². The molecule has 3 heterocycles. The van der Waals surface area contributed by atoms with E-state index in [1.807, 2.05) is 35.2 Å². The summed E-state index contributed by atoms with van der Waals surface area (Å²) in [5.74, 6) is 0.324. The van der Waals surface area contributed by atoms with Gasteiger partial charge in [0, 0.05) is 44.3 Å². The Hall–Kier alpha value is -2.08. The Bertz CT molecular complexity index is 685. The SMILES string of the molecule is CN1CC[C@@H](N2CC3(CCC2=O)CCN(C(=O)Nc2ccccc2)CC3)C1. The lowest BCUT2D eigenvalue weighted by Crippen LogP contribution is -2.55. The molecule has 0 unspecified atom stereocenters. The molecule has 1 spiro atoms. The quantitative estimate of drug-likeness (QED) is 0.871. The van der Waals surface area contributed by atoms with Gasteiger partial charge in [-0.05, 0) is 56.8 Å². The number of carbonyl (C=O) groups is 2. The van der Waals surface area contributed by atoms with Crippen LogP contribution < -0.4 is 5.32 Å². The molecule has 6 heteroatoms. The number of hydrogen-bond acceptors (Lipinski definition) is 3. The van der Waals surface area contributed by atoms with Crippen LogP contribution in [-0.4, -0.2) is 72.5 Å². The molecule has 4 rings (SSSR count). The highest BCUT2D eigenvalue weighted by atomic mass is 16.2. The molecule has 146 valence electrons. The number of carbonyl (C=O) groups excluding carboxylic acids is 2. The fourth-order valence-electron chi connectivity index (χ4n) is 4.86. The Morgan fingerprint density at radius 3 is 2.52 bits per heavy atom. The number of likely N-dealkylation sites (N-methyl/N-ethyl adjacent to an activating group) is 1. The normalized spacial score (nSPS) is 25.8. The molecule has 6 nitrogen and oxygen atoms in total. The highest BCUT2D eigenvalue weighted by Gasteiger charge is 2.44. The van der Waals surface area contributed by atoms with Crippen LogP contribution in [0.5, 0.6) is 0 Å². The van der Waals surface area contributed by atoms with Crippen molar-refractivity contribution in [2.45, 2.75) is 38.1 Å². The zero-order valence-corrected chi connectivity index (χ0v) is 16.2. The number of rotatable bonds is 2. The summed E-state index contributed by atoms with van der Waals surface area (Å²) in [6.45, 7) is 4.48. The van der Waals surface area contributed by atoms with Crippen molar-refractivity contribution in [1.82, 2.24) is 14.7 Å². The fraction of sp³-hybridized carbons (Fsp3) is 0.619. The van der Waals surface area contributed by atoms with Crippen molar-refractivity contribution in [2.24, 2.45) is 5.41 Å². The maximum absolute atomic E-state index is 12.5. The van der Waals surface area contributed by atoms with E-state index in [9.17, 15) is 9.59 Å². The van der Waals surface area contributed by atoms with Gasteiger partial charge < -0.3 is 20.0 Å². The molecule has 0 saturated carbocycles. The van der Waals surface area contributed by atoms with Gasteiger partial charge in [0.05, 0.1) is 0 Å². The van der Waals surface area contributed by atoms with E-state index in [0.29, 0.717) is 18.4 Å². The average molecular weight is 370 g/mol. The first-order chi connectivity index (χ1) is 13.0. The highest BCUT2D eigenvalue weighted by molar-refractivity contribution is 5.89. The molecule has 3 saturated heterocycles. The topological polar surface area (TPSA) is 55.9 Å². The number of nitrogens with one attached hydrogen (secondary N) is 1. The third-order valence-corrected chi connectivity index (χ3v) is 6.64. The van der Waals surface area contributed by atoms with Crippen molar-refractivity contribution >= 4 is 17.6 Å². The van der Waals surface area contributed by atoms with Crippen molar-refractivity contribution in [3.05, 3.63) is 30.3 Å². The lowest BCUT2D eigenvalue weighted by atomic mass is 9.72. The predicted molar refractivity (Wildman–Crippen MR) is 106 cm³/mol. The van der Waals surface area contributed by atoms with E-state index in [0.717, 1.165) is 64.1 Å². The van der Waals surface area contributed by atoms with Crippen LogP contribution >= 0.6 is 0 Å². The van der Waals surface area contributed by atoms with E-state index in [-0.39, 0.29) is 11.4 Å². The Labute approximate surface area is 161 Å². The number of urea groups is 1. The molecule has 1 N–H and O–H groups in total. The van der Waals surface area contributed by atoms with E-state index in [1.54, 1.807) is 0 Å². The smallest absolute Gasteiger partial charge is 0.321 e. The molecule has 3 fully saturated rings. The highest BCUT2D eigenvalue weighted by Crippen LogP contribution is 2.41. The summed E-state index contributed by atoms with van der Waals surface area (Å²) in [4.78, 5) is 31.5. The molecule has 0 radical (unpaired) electrons. The summed E-state index contributed by atoms with van der Waals surface area (Å²) in [6.07, 6.45) is 4.70. The second-order valence-corrected chi connectivity index (χ2v) is 8.51. The Balaban J connectivity index is 1.35. The molecule has 0 aliphatic carbocycles. The van der Waals surface area contributed by atoms with E-state index >= 15 is 0 Å². The second kappa shape index (κ2) is 7.50. The van der Waals surface area contributed by atoms with E-state index < -0.39 is 0 Å². The van der Waals surface area contributed by atoms with Gasteiger partial charge in [0.2, 0.25) is 5.91 Å². The maximum atomic E-state index is 12.5. The van der Waals surface area contributed by atoms with Crippen molar-refractivity contribution in [3.63, 3.8) is 0 Å². The Morgan fingerprint density at radius 1 is 1.11 bits per heavy atom. The summed E-state index contributed by atoms with van der Waals surface area (Å²) in [6, 6.07) is 9.97. The third-order valence-electron chi connectivity index (χ3n) is 6.64. The first-order valence-electron chi connectivity index (χ1n) is 10.1. The molecule has 0 aromatic heterocycles. The largest absolute Gasteiger partial charge is 0.338 e. The van der Waals surface area contributed by atoms with Crippen molar-refractivity contribution < 1.29 is 9.59 Å². The van der Waals surface area contributed by atoms with Crippen LogP contribution in [0.4, 0.5) is 10.5 Å². The molecular formula is C21H30N4O2. The van der Waals surface area contributed by atoms with Crippen LogP contribution in [0.15, 0.2) is 30.3 Å². The van der Waals surface area contributed by atoms with Crippen molar-refractivity contribution in [2.75, 3.05) is 45.1 Å². The van der Waals surface area contributed by atoms with Crippen LogP contribution in [0.25, 0.3) is 0 Å². The Morgan fingerprint density at radius 2 is 1.85 bits per heavy atom. The first-order valence-corrected chi connectivity index (χ1v) is 10.1. The molecule has 3 amide bonds. The molecule has 1 atom stereocenters. The number of para-hydroxylation sites is 1. The minimum atomic E-state index is -0.0165. The molecule has 3 aliphatic rings. The number of piperidine rings is 2. The molecule has 0 bridgehead atoms.